The fraction of sp³-hybridized carbons (Fsp3) is 1.00. The molecule has 0 radical (unpaired) electrons. The minimum atomic E-state index is 0. The third-order valence-corrected chi connectivity index (χ3v) is 8.36. The third-order valence-electron chi connectivity index (χ3n) is 8.36. The second-order valence-electron chi connectivity index (χ2n) is 8.99. The van der Waals surface area contributed by atoms with Crippen LogP contribution in [0.2, 0.25) is 0 Å². The van der Waals surface area contributed by atoms with Crippen LogP contribution in [-0.4, -0.2) is 0 Å². The van der Waals surface area contributed by atoms with Crippen LogP contribution in [0.3, 0.4) is 0 Å². The van der Waals surface area contributed by atoms with Crippen molar-refractivity contribution in [1.82, 2.24) is 0 Å². The summed E-state index contributed by atoms with van der Waals surface area (Å²) in [6.07, 6.45) is 17.1. The van der Waals surface area contributed by atoms with Crippen LogP contribution in [0.1, 0.15) is 85.9 Å². The van der Waals surface area contributed by atoms with E-state index in [1.54, 1.807) is 51.4 Å². The Morgan fingerprint density at radius 1 is 0.737 bits per heavy atom. The van der Waals surface area contributed by atoms with Crippen molar-refractivity contribution in [2.24, 2.45) is 34.5 Å². The molecule has 4 aliphatic carbocycles. The first-order valence-electron chi connectivity index (χ1n) is 9.13. The summed E-state index contributed by atoms with van der Waals surface area (Å²) in [6, 6.07) is 0. The van der Waals surface area contributed by atoms with E-state index in [0.717, 1.165) is 34.5 Å². The van der Waals surface area contributed by atoms with E-state index in [9.17, 15) is 0 Å². The molecule has 6 atom stereocenters. The van der Waals surface area contributed by atoms with Gasteiger partial charge in [0.25, 0.3) is 0 Å². The molecule has 19 heavy (non-hydrogen) atoms. The molecule has 4 aliphatic rings. The Balaban J connectivity index is 0.00000121. The first-order chi connectivity index (χ1) is 9.13. The van der Waals surface area contributed by atoms with Crippen molar-refractivity contribution in [2.75, 3.05) is 0 Å². The average molecular weight is 262 g/mol. The number of hydrogen-bond donors (Lipinski definition) is 0. The Kier molecular flexibility index (Phi) is 2.84. The van der Waals surface area contributed by atoms with Crippen molar-refractivity contribution in [3.05, 3.63) is 0 Å². The molecule has 0 aromatic rings. The summed E-state index contributed by atoms with van der Waals surface area (Å²) in [5.74, 6) is 4.41. The fourth-order valence-corrected chi connectivity index (χ4v) is 7.29. The van der Waals surface area contributed by atoms with Crippen molar-refractivity contribution < 1.29 is 1.43 Å². The van der Waals surface area contributed by atoms with E-state index in [4.69, 9.17) is 0 Å². The highest BCUT2D eigenvalue weighted by Crippen LogP contribution is 2.66. The van der Waals surface area contributed by atoms with Gasteiger partial charge in [0.1, 0.15) is 0 Å². The minimum Gasteiger partial charge on any atom is -0.0594 e. The van der Waals surface area contributed by atoms with E-state index < -0.39 is 0 Å². The van der Waals surface area contributed by atoms with Gasteiger partial charge < -0.3 is 0 Å². The second kappa shape index (κ2) is 4.25. The number of fused-ring (bicyclic) bond motifs is 5. The van der Waals surface area contributed by atoms with Gasteiger partial charge in [0.2, 0.25) is 0 Å². The Morgan fingerprint density at radius 3 is 2.53 bits per heavy atom. The van der Waals surface area contributed by atoms with Gasteiger partial charge in [-0.25, -0.2) is 0 Å². The van der Waals surface area contributed by atoms with Gasteiger partial charge >= 0.3 is 0 Å². The lowest BCUT2D eigenvalue weighted by Crippen LogP contribution is -2.51. The number of hydrogen-bond acceptors (Lipinski definition) is 0. The first kappa shape index (κ1) is 12.7. The maximum Gasteiger partial charge on any atom is 0 e. The van der Waals surface area contributed by atoms with Crippen LogP contribution in [0, 0.1) is 34.5 Å². The van der Waals surface area contributed by atoms with Gasteiger partial charge in [0.05, 0.1) is 0 Å². The highest BCUT2D eigenvalue weighted by molar-refractivity contribution is 5.06. The molecule has 0 heterocycles. The lowest BCUT2D eigenvalue weighted by atomic mass is 9.45. The quantitative estimate of drug-likeness (QED) is 0.498. The molecular weight excluding hydrogens is 228 g/mol. The van der Waals surface area contributed by atoms with Crippen molar-refractivity contribution in [3.63, 3.8) is 0 Å². The van der Waals surface area contributed by atoms with Crippen LogP contribution >= 0.6 is 0 Å². The summed E-state index contributed by atoms with van der Waals surface area (Å²) in [7, 11) is 0. The highest BCUT2D eigenvalue weighted by atomic mass is 14.6. The zero-order chi connectivity index (χ0) is 13.1. The topological polar surface area (TPSA) is 0 Å². The largest absolute Gasteiger partial charge is 0.0594 e. The van der Waals surface area contributed by atoms with E-state index in [2.05, 4.69) is 13.8 Å². The molecule has 0 saturated heterocycles. The molecule has 0 aromatic heterocycles. The maximum absolute atomic E-state index is 2.70. The average Bonchev–Trinajstić information content (AvgIpc) is 2.79. The SMILES string of the molecule is C[C@@]12CCC[C@H]1[C@@H]1CCC3CCCC[C@]3(C)[C@H]1CC2.[HH]. The van der Waals surface area contributed by atoms with Crippen LogP contribution in [0.15, 0.2) is 0 Å². The van der Waals surface area contributed by atoms with Gasteiger partial charge in [-0.1, -0.05) is 33.1 Å². The van der Waals surface area contributed by atoms with Crippen molar-refractivity contribution in [3.8, 4) is 0 Å². The van der Waals surface area contributed by atoms with Gasteiger partial charge in [-0.05, 0) is 85.9 Å². The summed E-state index contributed by atoms with van der Waals surface area (Å²) < 4.78 is 0. The third kappa shape index (κ3) is 1.70. The van der Waals surface area contributed by atoms with Gasteiger partial charge in [-0.2, -0.15) is 0 Å². The van der Waals surface area contributed by atoms with E-state index in [1.807, 2.05) is 0 Å². The van der Waals surface area contributed by atoms with Crippen molar-refractivity contribution in [2.45, 2.75) is 84.5 Å². The van der Waals surface area contributed by atoms with Gasteiger partial charge in [0, 0.05) is 1.43 Å². The normalized spacial score (nSPS) is 57.2. The van der Waals surface area contributed by atoms with E-state index >= 15 is 0 Å². The summed E-state index contributed by atoms with van der Waals surface area (Å²) in [4.78, 5) is 0. The van der Waals surface area contributed by atoms with Gasteiger partial charge in [0.15, 0.2) is 0 Å². The molecule has 0 nitrogen and oxygen atoms in total. The number of rotatable bonds is 0. The monoisotopic (exact) mass is 262 g/mol. The molecule has 0 aromatic carbocycles. The molecule has 4 saturated carbocycles. The standard InChI is InChI=1S/C19H32.H2/c1-18-11-5-7-16(18)15-9-8-14-6-3-4-12-19(14,2)17(15)10-13-18;/h14-17H,3-13H2,1-2H3;1H/t14?,15-,16-,17-,18-,19-;/m0./s1. The Hall–Kier alpha value is 0. The zero-order valence-corrected chi connectivity index (χ0v) is 13.1. The Labute approximate surface area is 121 Å². The summed E-state index contributed by atoms with van der Waals surface area (Å²) in [6.45, 7) is 5.33. The first-order valence-corrected chi connectivity index (χ1v) is 9.13. The van der Waals surface area contributed by atoms with E-state index in [0.29, 0.717) is 0 Å². The van der Waals surface area contributed by atoms with Crippen LogP contribution in [0.25, 0.3) is 0 Å². The second-order valence-corrected chi connectivity index (χ2v) is 8.99. The summed E-state index contributed by atoms with van der Waals surface area (Å²) in [5, 5.41) is 0. The smallest absolute Gasteiger partial charge is 0 e. The lowest BCUT2D eigenvalue weighted by Gasteiger charge is -2.60. The van der Waals surface area contributed by atoms with Gasteiger partial charge in [-0.15, -0.1) is 0 Å². The molecule has 0 amide bonds. The Morgan fingerprint density at radius 2 is 1.63 bits per heavy atom. The highest BCUT2D eigenvalue weighted by Gasteiger charge is 2.56. The van der Waals surface area contributed by atoms with Crippen molar-refractivity contribution in [1.29, 1.82) is 0 Å². The van der Waals surface area contributed by atoms with E-state index in [-0.39, 0.29) is 1.43 Å². The Bertz CT molecular complexity index is 365. The van der Waals surface area contributed by atoms with Crippen LogP contribution in [0.5, 0.6) is 0 Å². The molecule has 4 fully saturated rings. The molecule has 0 bridgehead atoms. The molecule has 1 unspecified atom stereocenters. The van der Waals surface area contributed by atoms with Crippen LogP contribution in [-0.2, 0) is 0 Å². The lowest BCUT2D eigenvalue weighted by molar-refractivity contribution is -0.103. The predicted molar refractivity (Wildman–Crippen MR) is 83.1 cm³/mol. The van der Waals surface area contributed by atoms with E-state index in [1.165, 1.54) is 19.3 Å². The zero-order valence-electron chi connectivity index (χ0n) is 13.1. The predicted octanol–water partition coefficient (Wildman–Crippen LogP) is 6.06. The van der Waals surface area contributed by atoms with Crippen LogP contribution < -0.4 is 0 Å². The van der Waals surface area contributed by atoms with Crippen LogP contribution in [0.4, 0.5) is 0 Å². The van der Waals surface area contributed by atoms with Gasteiger partial charge in [-0.3, -0.25) is 0 Å². The molecule has 0 spiro atoms. The molecule has 4 rings (SSSR count). The molecule has 0 aliphatic heterocycles. The molecule has 110 valence electrons. The summed E-state index contributed by atoms with van der Waals surface area (Å²) >= 11 is 0. The maximum atomic E-state index is 2.70. The summed E-state index contributed by atoms with van der Waals surface area (Å²) in [5.41, 5.74) is 1.49. The fourth-order valence-electron chi connectivity index (χ4n) is 7.29. The minimum absolute atomic E-state index is 0. The molecule has 0 heteroatoms. The van der Waals surface area contributed by atoms with Crippen molar-refractivity contribution >= 4 is 0 Å². The molecular formula is C19H34. The molecule has 0 N–H and O–H groups in total.